The van der Waals surface area contributed by atoms with Crippen molar-refractivity contribution in [2.45, 2.75) is 65.5 Å². The number of thiazole rings is 1. The third kappa shape index (κ3) is 5.30. The van der Waals surface area contributed by atoms with E-state index in [1.807, 2.05) is 45.0 Å². The molecule has 0 bridgehead atoms. The highest BCUT2D eigenvalue weighted by atomic mass is 32.1. The van der Waals surface area contributed by atoms with Gasteiger partial charge in [-0.05, 0) is 85.8 Å². The third-order valence-corrected chi connectivity index (χ3v) is 9.15. The highest BCUT2D eigenvalue weighted by Crippen LogP contribution is 2.46. The van der Waals surface area contributed by atoms with Crippen molar-refractivity contribution in [2.24, 2.45) is 0 Å². The molecule has 1 fully saturated rings. The minimum atomic E-state index is -0.941. The van der Waals surface area contributed by atoms with E-state index in [2.05, 4.69) is 6.92 Å². The molecular weight excluding hydrogens is 576 g/mol. The van der Waals surface area contributed by atoms with E-state index in [0.29, 0.717) is 40.8 Å². The summed E-state index contributed by atoms with van der Waals surface area (Å²) in [6.07, 6.45) is 3.77. The lowest BCUT2D eigenvalue weighted by molar-refractivity contribution is -0.132. The van der Waals surface area contributed by atoms with E-state index in [-0.39, 0.29) is 17.4 Å². The summed E-state index contributed by atoms with van der Waals surface area (Å²) in [7, 11) is 1.56. The first-order valence-corrected chi connectivity index (χ1v) is 15.8. The van der Waals surface area contributed by atoms with Gasteiger partial charge in [-0.25, -0.2) is 4.98 Å². The topological polar surface area (TPSA) is 98.2 Å². The van der Waals surface area contributed by atoms with Gasteiger partial charge in [-0.1, -0.05) is 43.2 Å². The lowest BCUT2D eigenvalue weighted by Gasteiger charge is -2.24. The Morgan fingerprint density at radius 2 is 1.91 bits per heavy atom. The molecule has 4 aromatic rings. The summed E-state index contributed by atoms with van der Waals surface area (Å²) in [5.41, 5.74) is 4.81. The van der Waals surface area contributed by atoms with Crippen LogP contribution < -0.4 is 19.1 Å². The molecule has 8 nitrogen and oxygen atoms in total. The van der Waals surface area contributed by atoms with Crippen LogP contribution in [-0.4, -0.2) is 41.6 Å². The second kappa shape index (κ2) is 12.0. The largest absolute Gasteiger partial charge is 0.507 e. The molecule has 2 aliphatic heterocycles. The maximum absolute atomic E-state index is 13.8. The zero-order valence-corrected chi connectivity index (χ0v) is 26.4. The number of ketones is 1. The lowest BCUT2D eigenvalue weighted by atomic mass is 9.94. The SMILES string of the molecule is CCCCCOc1ccc([C@H]2/C(=C(\O)c3ccc4c(c3)C[C@@H](C)O4)C(=O)C(=O)N2c2nc3c(C)cc(C)cc3s2)cc1OC. The number of rotatable bonds is 9. The molecule has 0 radical (unpaired) electrons. The van der Waals surface area contributed by atoms with E-state index in [1.165, 1.54) is 16.2 Å². The Morgan fingerprint density at radius 1 is 1.09 bits per heavy atom. The van der Waals surface area contributed by atoms with Crippen LogP contribution in [0.5, 0.6) is 17.2 Å². The molecule has 2 aliphatic rings. The first-order chi connectivity index (χ1) is 21.2. The first kappa shape index (κ1) is 29.7. The predicted octanol–water partition coefficient (Wildman–Crippen LogP) is 7.44. The van der Waals surface area contributed by atoms with Gasteiger partial charge in [0.05, 0.1) is 35.5 Å². The quantitative estimate of drug-likeness (QED) is 0.0908. The highest BCUT2D eigenvalue weighted by molar-refractivity contribution is 7.22. The van der Waals surface area contributed by atoms with Gasteiger partial charge in [-0.15, -0.1) is 0 Å². The smallest absolute Gasteiger partial charge is 0.301 e. The number of Topliss-reactive ketones (excluding diaryl/α,β-unsaturated/α-hetero) is 1. The summed E-state index contributed by atoms with van der Waals surface area (Å²) < 4.78 is 18.5. The van der Waals surface area contributed by atoms with E-state index in [9.17, 15) is 14.7 Å². The number of nitrogens with zero attached hydrogens (tertiary/aromatic N) is 2. The van der Waals surface area contributed by atoms with Gasteiger partial charge in [0, 0.05) is 12.0 Å². The fourth-order valence-electron chi connectivity index (χ4n) is 6.04. The Morgan fingerprint density at radius 3 is 2.68 bits per heavy atom. The van der Waals surface area contributed by atoms with Crippen LogP contribution in [0.25, 0.3) is 16.0 Å². The van der Waals surface area contributed by atoms with Gasteiger partial charge in [-0.2, -0.15) is 0 Å². The van der Waals surface area contributed by atoms with Gasteiger partial charge >= 0.3 is 5.91 Å². The van der Waals surface area contributed by atoms with Crippen LogP contribution in [0, 0.1) is 13.8 Å². The minimum absolute atomic E-state index is 0.00672. The van der Waals surface area contributed by atoms with Crippen molar-refractivity contribution < 1.29 is 28.9 Å². The monoisotopic (exact) mass is 612 g/mol. The van der Waals surface area contributed by atoms with Crippen molar-refractivity contribution in [1.82, 2.24) is 4.98 Å². The van der Waals surface area contributed by atoms with E-state index in [1.54, 1.807) is 31.4 Å². The Hall–Kier alpha value is -4.37. The number of carbonyl (C=O) groups excluding carboxylic acids is 2. The molecule has 6 rings (SSSR count). The van der Waals surface area contributed by atoms with Gasteiger partial charge in [0.15, 0.2) is 16.6 Å². The van der Waals surface area contributed by atoms with Gasteiger partial charge < -0.3 is 19.3 Å². The number of aryl methyl sites for hydroxylation is 2. The number of carbonyl (C=O) groups is 2. The van der Waals surface area contributed by atoms with Gasteiger partial charge in [0.1, 0.15) is 17.6 Å². The molecule has 1 saturated heterocycles. The number of fused-ring (bicyclic) bond motifs is 2. The molecule has 0 unspecified atom stereocenters. The fraction of sp³-hybridized carbons (Fsp3) is 0.343. The standard InChI is InChI=1S/C35H36N2O6S/c1-6-7-8-13-42-26-12-9-22(18-27(26)41-5)31-29(32(38)23-10-11-25-24(17-23)16-21(4)43-25)33(39)34(40)37(31)35-36-30-20(3)14-19(2)15-28(30)44-35/h9-12,14-15,17-18,21,31,38H,6-8,13,16H2,1-5H3/b32-29+/t21-,31+/m1/s1. The zero-order valence-electron chi connectivity index (χ0n) is 25.6. The third-order valence-electron chi connectivity index (χ3n) is 8.15. The van der Waals surface area contributed by atoms with Gasteiger partial charge in [-0.3, -0.25) is 14.5 Å². The average molecular weight is 613 g/mol. The summed E-state index contributed by atoms with van der Waals surface area (Å²) in [4.78, 5) is 33.9. The average Bonchev–Trinajstić information content (AvgIpc) is 3.67. The number of ether oxygens (including phenoxy) is 3. The maximum atomic E-state index is 13.8. The highest BCUT2D eigenvalue weighted by Gasteiger charge is 2.48. The molecular formula is C35H36N2O6S. The lowest BCUT2D eigenvalue weighted by Crippen LogP contribution is -2.29. The molecule has 3 heterocycles. The summed E-state index contributed by atoms with van der Waals surface area (Å²) in [5.74, 6) is 0.0356. The van der Waals surface area contributed by atoms with Crippen LogP contribution in [0.2, 0.25) is 0 Å². The first-order valence-electron chi connectivity index (χ1n) is 15.0. The van der Waals surface area contributed by atoms with Gasteiger partial charge in [0.2, 0.25) is 0 Å². The van der Waals surface area contributed by atoms with Crippen LogP contribution in [-0.2, 0) is 16.0 Å². The Balaban J connectivity index is 1.50. The van der Waals surface area contributed by atoms with E-state index in [4.69, 9.17) is 19.2 Å². The number of methoxy groups -OCH3 is 1. The molecule has 1 amide bonds. The summed E-state index contributed by atoms with van der Waals surface area (Å²) in [5, 5.41) is 12.1. The van der Waals surface area contributed by atoms with Crippen molar-refractivity contribution >= 4 is 44.1 Å². The van der Waals surface area contributed by atoms with Crippen molar-refractivity contribution in [1.29, 1.82) is 0 Å². The second-order valence-corrected chi connectivity index (χ2v) is 12.5. The predicted molar refractivity (Wildman–Crippen MR) is 172 cm³/mol. The molecule has 1 aromatic heterocycles. The summed E-state index contributed by atoms with van der Waals surface area (Å²) in [6.45, 7) is 8.66. The second-order valence-electron chi connectivity index (χ2n) is 11.5. The Kier molecular flexibility index (Phi) is 8.07. The number of aliphatic hydroxyl groups is 1. The van der Waals surface area contributed by atoms with E-state index < -0.39 is 17.7 Å². The van der Waals surface area contributed by atoms with Crippen molar-refractivity contribution in [3.63, 3.8) is 0 Å². The van der Waals surface area contributed by atoms with Crippen molar-refractivity contribution in [3.05, 3.63) is 81.9 Å². The van der Waals surface area contributed by atoms with E-state index >= 15 is 0 Å². The maximum Gasteiger partial charge on any atom is 0.301 e. The van der Waals surface area contributed by atoms with Crippen LogP contribution in [0.1, 0.15) is 67.0 Å². The number of aliphatic hydroxyl groups excluding tert-OH is 1. The van der Waals surface area contributed by atoms with Gasteiger partial charge in [0.25, 0.3) is 5.78 Å². The molecule has 9 heteroatoms. The summed E-state index contributed by atoms with van der Waals surface area (Å²) in [6, 6.07) is 13.8. The summed E-state index contributed by atoms with van der Waals surface area (Å²) >= 11 is 1.35. The molecule has 0 spiro atoms. The molecule has 2 atom stereocenters. The van der Waals surface area contributed by atoms with Crippen molar-refractivity contribution in [3.8, 4) is 17.2 Å². The number of unbranched alkanes of at least 4 members (excludes halogenated alkanes) is 2. The molecule has 0 saturated carbocycles. The van der Waals surface area contributed by atoms with Crippen LogP contribution in [0.3, 0.4) is 0 Å². The van der Waals surface area contributed by atoms with Crippen LogP contribution in [0.4, 0.5) is 5.13 Å². The number of aromatic nitrogens is 1. The zero-order chi connectivity index (χ0) is 31.1. The Labute approximate surface area is 260 Å². The van der Waals surface area contributed by atoms with Crippen LogP contribution >= 0.6 is 11.3 Å². The van der Waals surface area contributed by atoms with E-state index in [0.717, 1.165) is 51.9 Å². The molecule has 3 aromatic carbocycles. The van der Waals surface area contributed by atoms with Crippen LogP contribution in [0.15, 0.2) is 54.1 Å². The molecule has 44 heavy (non-hydrogen) atoms. The number of benzene rings is 3. The number of hydrogen-bond acceptors (Lipinski definition) is 8. The molecule has 1 N–H and O–H groups in total. The Bertz CT molecular complexity index is 1810. The van der Waals surface area contributed by atoms with Crippen molar-refractivity contribution in [2.75, 3.05) is 18.6 Å². The minimum Gasteiger partial charge on any atom is -0.507 e. The molecule has 0 aliphatic carbocycles. The number of amides is 1. The normalized spacial score (nSPS) is 19.0. The molecule has 228 valence electrons. The number of hydrogen-bond donors (Lipinski definition) is 1. The fourth-order valence-corrected chi connectivity index (χ4v) is 7.21. The number of anilines is 1.